The van der Waals surface area contributed by atoms with Crippen LogP contribution in [0.3, 0.4) is 0 Å². The second-order valence-electron chi connectivity index (χ2n) is 4.77. The largest absolute Gasteiger partial charge is 0.490 e. The first-order valence-electron chi connectivity index (χ1n) is 6.80. The highest BCUT2D eigenvalue weighted by molar-refractivity contribution is 5.73. The third kappa shape index (κ3) is 4.78. The third-order valence-corrected chi connectivity index (χ3v) is 3.07. The highest BCUT2D eigenvalue weighted by Gasteiger charge is 2.38. The van der Waals surface area contributed by atoms with Gasteiger partial charge in [-0.15, -0.1) is 0 Å². The average Bonchev–Trinajstić information content (AvgIpc) is 3.19. The molecule has 1 aromatic carbocycles. The van der Waals surface area contributed by atoms with Crippen molar-refractivity contribution in [3.05, 3.63) is 36.2 Å². The highest BCUT2D eigenvalue weighted by atomic mass is 19.4. The van der Waals surface area contributed by atoms with Crippen LogP contribution in [0.4, 0.5) is 13.2 Å². The molecule has 1 fully saturated rings. The van der Waals surface area contributed by atoms with Crippen molar-refractivity contribution < 1.29 is 27.6 Å². The predicted octanol–water partition coefficient (Wildman–Crippen LogP) is 2.79. The summed E-state index contributed by atoms with van der Waals surface area (Å²) in [6.45, 7) is 1.04. The Labute approximate surface area is 129 Å². The number of carboxylic acids is 1. The van der Waals surface area contributed by atoms with E-state index in [-0.39, 0.29) is 6.04 Å². The Morgan fingerprint density at radius 2 is 1.96 bits per heavy atom. The second kappa shape index (κ2) is 7.23. The van der Waals surface area contributed by atoms with Gasteiger partial charge in [-0.3, -0.25) is 0 Å². The van der Waals surface area contributed by atoms with Gasteiger partial charge in [-0.05, 0) is 19.4 Å². The Balaban J connectivity index is 0.000000236. The van der Waals surface area contributed by atoms with E-state index in [2.05, 4.69) is 15.5 Å². The molecule has 0 saturated carbocycles. The third-order valence-electron chi connectivity index (χ3n) is 3.07. The number of aliphatic carboxylic acids is 1. The van der Waals surface area contributed by atoms with Gasteiger partial charge < -0.3 is 14.9 Å². The lowest BCUT2D eigenvalue weighted by Crippen LogP contribution is -2.21. The number of carbonyl (C=O) groups is 1. The zero-order valence-corrected chi connectivity index (χ0v) is 11.9. The van der Waals surface area contributed by atoms with E-state index in [0.29, 0.717) is 11.7 Å². The molecule has 0 aliphatic carbocycles. The van der Waals surface area contributed by atoms with Gasteiger partial charge >= 0.3 is 12.1 Å². The molecule has 3 rings (SSSR count). The van der Waals surface area contributed by atoms with Crippen LogP contribution in [0, 0.1) is 0 Å². The number of hydrogen-bond donors (Lipinski definition) is 2. The van der Waals surface area contributed by atoms with Crippen LogP contribution >= 0.6 is 0 Å². The molecule has 0 bridgehead atoms. The van der Waals surface area contributed by atoms with Crippen LogP contribution in [-0.4, -0.2) is 33.9 Å². The van der Waals surface area contributed by atoms with Crippen LogP contribution in [0.1, 0.15) is 24.8 Å². The van der Waals surface area contributed by atoms with Crippen molar-refractivity contribution in [2.75, 3.05) is 6.54 Å². The molecule has 0 spiro atoms. The van der Waals surface area contributed by atoms with Gasteiger partial charge in [0.15, 0.2) is 0 Å². The molecule has 1 aromatic heterocycles. The first-order chi connectivity index (χ1) is 10.9. The minimum atomic E-state index is -5.08. The van der Waals surface area contributed by atoms with Gasteiger partial charge in [0.2, 0.25) is 11.7 Å². The smallest absolute Gasteiger partial charge is 0.475 e. The van der Waals surface area contributed by atoms with Crippen LogP contribution in [-0.2, 0) is 4.79 Å². The van der Waals surface area contributed by atoms with E-state index in [4.69, 9.17) is 14.4 Å². The molecular formula is C14H14F3N3O3. The number of alkyl halides is 3. The molecule has 2 N–H and O–H groups in total. The number of carboxylic acid groups (broad SMARTS) is 1. The van der Waals surface area contributed by atoms with Crippen LogP contribution < -0.4 is 5.32 Å². The maximum Gasteiger partial charge on any atom is 0.490 e. The molecular weight excluding hydrogens is 315 g/mol. The summed E-state index contributed by atoms with van der Waals surface area (Å²) < 4.78 is 37.0. The normalized spacial score (nSPS) is 17.4. The summed E-state index contributed by atoms with van der Waals surface area (Å²) >= 11 is 0. The van der Waals surface area contributed by atoms with Gasteiger partial charge in [-0.25, -0.2) is 4.79 Å². The molecule has 124 valence electrons. The minimum absolute atomic E-state index is 0.241. The summed E-state index contributed by atoms with van der Waals surface area (Å²) in [5, 5.41) is 14.5. The van der Waals surface area contributed by atoms with Crippen molar-refractivity contribution in [2.24, 2.45) is 0 Å². The Bertz CT molecular complexity index is 637. The Morgan fingerprint density at radius 1 is 1.30 bits per heavy atom. The molecule has 2 heterocycles. The van der Waals surface area contributed by atoms with E-state index < -0.39 is 12.1 Å². The van der Waals surface area contributed by atoms with E-state index in [1.54, 1.807) is 0 Å². The Hall–Kier alpha value is -2.42. The number of nitrogens with one attached hydrogen (secondary N) is 1. The Morgan fingerprint density at radius 3 is 2.48 bits per heavy atom. The monoisotopic (exact) mass is 329 g/mol. The lowest BCUT2D eigenvalue weighted by Gasteiger charge is -2.01. The van der Waals surface area contributed by atoms with Gasteiger partial charge in [0.25, 0.3) is 0 Å². The molecule has 2 aromatic rings. The van der Waals surface area contributed by atoms with Crippen molar-refractivity contribution >= 4 is 5.97 Å². The lowest BCUT2D eigenvalue weighted by atomic mass is 10.2. The van der Waals surface area contributed by atoms with E-state index in [0.717, 1.165) is 18.5 Å². The van der Waals surface area contributed by atoms with E-state index >= 15 is 0 Å². The minimum Gasteiger partial charge on any atom is -0.475 e. The topological polar surface area (TPSA) is 88.2 Å². The summed E-state index contributed by atoms with van der Waals surface area (Å²) in [5.41, 5.74) is 0.996. The number of nitrogens with zero attached hydrogens (tertiary/aromatic N) is 2. The summed E-state index contributed by atoms with van der Waals surface area (Å²) in [6, 6.07) is 10.1. The van der Waals surface area contributed by atoms with Gasteiger partial charge in [-0.1, -0.05) is 35.5 Å². The van der Waals surface area contributed by atoms with Gasteiger partial charge in [0.1, 0.15) is 0 Å². The van der Waals surface area contributed by atoms with Gasteiger partial charge in [0, 0.05) is 5.56 Å². The first kappa shape index (κ1) is 16.9. The summed E-state index contributed by atoms with van der Waals surface area (Å²) in [5.74, 6) is -1.38. The van der Waals surface area contributed by atoms with Crippen molar-refractivity contribution in [3.63, 3.8) is 0 Å². The summed E-state index contributed by atoms with van der Waals surface area (Å²) in [7, 11) is 0. The Kier molecular flexibility index (Phi) is 5.32. The van der Waals surface area contributed by atoms with Crippen LogP contribution in [0.2, 0.25) is 0 Å². The fourth-order valence-electron chi connectivity index (χ4n) is 1.98. The molecule has 23 heavy (non-hydrogen) atoms. The summed E-state index contributed by atoms with van der Waals surface area (Å²) in [4.78, 5) is 13.3. The van der Waals surface area contributed by atoms with E-state index in [1.807, 2.05) is 30.3 Å². The second-order valence-corrected chi connectivity index (χ2v) is 4.77. The molecule has 1 aliphatic rings. The zero-order valence-electron chi connectivity index (χ0n) is 11.9. The average molecular weight is 329 g/mol. The lowest BCUT2D eigenvalue weighted by molar-refractivity contribution is -0.192. The molecule has 0 radical (unpaired) electrons. The number of rotatable bonds is 2. The number of hydrogen-bond acceptors (Lipinski definition) is 5. The van der Waals surface area contributed by atoms with Crippen molar-refractivity contribution in [1.82, 2.24) is 15.5 Å². The van der Waals surface area contributed by atoms with Crippen LogP contribution in [0.15, 0.2) is 34.9 Å². The SMILES string of the molecule is O=C(O)C(F)(F)F.c1ccc(-c2noc([C@@H]3CCCN3)n2)cc1. The van der Waals surface area contributed by atoms with Crippen LogP contribution in [0.25, 0.3) is 11.4 Å². The highest BCUT2D eigenvalue weighted by Crippen LogP contribution is 2.23. The van der Waals surface area contributed by atoms with Gasteiger partial charge in [-0.2, -0.15) is 18.2 Å². The number of halogens is 3. The fourth-order valence-corrected chi connectivity index (χ4v) is 1.98. The molecule has 0 unspecified atom stereocenters. The maximum atomic E-state index is 10.6. The number of aromatic nitrogens is 2. The van der Waals surface area contributed by atoms with E-state index in [1.165, 1.54) is 6.42 Å². The van der Waals surface area contributed by atoms with Crippen LogP contribution in [0.5, 0.6) is 0 Å². The fraction of sp³-hybridized carbons (Fsp3) is 0.357. The molecule has 1 saturated heterocycles. The van der Waals surface area contributed by atoms with Gasteiger partial charge in [0.05, 0.1) is 6.04 Å². The molecule has 9 heteroatoms. The van der Waals surface area contributed by atoms with Crippen molar-refractivity contribution in [2.45, 2.75) is 25.1 Å². The van der Waals surface area contributed by atoms with Crippen molar-refractivity contribution in [3.8, 4) is 11.4 Å². The standard InChI is InChI=1S/C12H13N3O.C2HF3O2/c1-2-5-9(6-3-1)11-14-12(16-15-11)10-7-4-8-13-10;3-2(4,5)1(6)7/h1-3,5-6,10,13H,4,7-8H2;(H,6,7)/t10-;/m0./s1. The summed E-state index contributed by atoms with van der Waals surface area (Å²) in [6.07, 6.45) is -2.83. The predicted molar refractivity (Wildman–Crippen MR) is 73.4 cm³/mol. The quantitative estimate of drug-likeness (QED) is 0.881. The van der Waals surface area contributed by atoms with E-state index in [9.17, 15) is 13.2 Å². The number of benzene rings is 1. The molecule has 6 nitrogen and oxygen atoms in total. The molecule has 1 atom stereocenters. The zero-order chi connectivity index (χ0) is 16.9. The molecule has 0 amide bonds. The molecule has 1 aliphatic heterocycles. The van der Waals surface area contributed by atoms with Crippen molar-refractivity contribution in [1.29, 1.82) is 0 Å². The first-order valence-corrected chi connectivity index (χ1v) is 6.80. The maximum absolute atomic E-state index is 10.6.